The fourth-order valence-corrected chi connectivity index (χ4v) is 2.57. The summed E-state index contributed by atoms with van der Waals surface area (Å²) in [6.45, 7) is 2.23. The lowest BCUT2D eigenvalue weighted by Crippen LogP contribution is -1.99. The molecule has 0 heterocycles. The molecular weight excluding hydrogens is 288 g/mol. The second kappa shape index (κ2) is 9.32. The molecule has 0 aliphatic heterocycles. The SMILES string of the molecule is CCCCCCCCCC(=O)c1ccccc1Br. The van der Waals surface area contributed by atoms with E-state index in [0.717, 1.165) is 16.5 Å². The lowest BCUT2D eigenvalue weighted by atomic mass is 10.0. The molecular formula is C16H23BrO. The zero-order valence-electron chi connectivity index (χ0n) is 11.3. The molecule has 0 N–H and O–H groups in total. The first-order chi connectivity index (χ1) is 8.75. The van der Waals surface area contributed by atoms with Gasteiger partial charge in [0.1, 0.15) is 0 Å². The van der Waals surface area contributed by atoms with Crippen molar-refractivity contribution in [2.45, 2.75) is 58.3 Å². The van der Waals surface area contributed by atoms with Crippen LogP contribution in [0.2, 0.25) is 0 Å². The van der Waals surface area contributed by atoms with E-state index >= 15 is 0 Å². The standard InChI is InChI=1S/C16H23BrO/c1-2-3-4-5-6-7-8-13-16(18)14-11-9-10-12-15(14)17/h9-12H,2-8,13H2,1H3. The van der Waals surface area contributed by atoms with Crippen molar-refractivity contribution in [3.63, 3.8) is 0 Å². The number of ketones is 1. The normalized spacial score (nSPS) is 10.6. The van der Waals surface area contributed by atoms with E-state index in [4.69, 9.17) is 0 Å². The van der Waals surface area contributed by atoms with Crippen LogP contribution in [-0.4, -0.2) is 5.78 Å². The maximum atomic E-state index is 12.0. The van der Waals surface area contributed by atoms with Crippen LogP contribution in [-0.2, 0) is 0 Å². The number of carbonyl (C=O) groups excluding carboxylic acids is 1. The second-order valence-electron chi connectivity index (χ2n) is 4.77. The minimum absolute atomic E-state index is 0.260. The molecule has 0 aliphatic carbocycles. The number of unbranched alkanes of at least 4 members (excludes halogenated alkanes) is 6. The lowest BCUT2D eigenvalue weighted by Gasteiger charge is -2.03. The van der Waals surface area contributed by atoms with E-state index in [2.05, 4.69) is 22.9 Å². The third-order valence-corrected chi connectivity index (χ3v) is 3.87. The summed E-state index contributed by atoms with van der Waals surface area (Å²) >= 11 is 3.43. The van der Waals surface area contributed by atoms with Crippen molar-refractivity contribution < 1.29 is 4.79 Å². The van der Waals surface area contributed by atoms with Crippen molar-refractivity contribution in [2.24, 2.45) is 0 Å². The van der Waals surface area contributed by atoms with Gasteiger partial charge in [0.25, 0.3) is 0 Å². The number of hydrogen-bond acceptors (Lipinski definition) is 1. The second-order valence-corrected chi connectivity index (χ2v) is 5.63. The predicted octanol–water partition coefficient (Wildman–Crippen LogP) is 5.77. The lowest BCUT2D eigenvalue weighted by molar-refractivity contribution is 0.0978. The first-order valence-electron chi connectivity index (χ1n) is 7.03. The summed E-state index contributed by atoms with van der Waals surface area (Å²) in [7, 11) is 0. The van der Waals surface area contributed by atoms with Crippen molar-refractivity contribution in [1.82, 2.24) is 0 Å². The van der Waals surface area contributed by atoms with Gasteiger partial charge in [-0.05, 0) is 12.5 Å². The molecule has 2 heteroatoms. The van der Waals surface area contributed by atoms with Gasteiger partial charge in [-0.2, -0.15) is 0 Å². The van der Waals surface area contributed by atoms with E-state index in [0.29, 0.717) is 6.42 Å². The molecule has 0 aliphatic rings. The number of Topliss-reactive ketones (excluding diaryl/α,β-unsaturated/α-hetero) is 1. The Kier molecular flexibility index (Phi) is 7.99. The fraction of sp³-hybridized carbons (Fsp3) is 0.562. The number of benzene rings is 1. The molecule has 1 rings (SSSR count). The molecule has 1 aromatic rings. The number of rotatable bonds is 9. The molecule has 0 saturated heterocycles. The Morgan fingerprint density at radius 2 is 1.61 bits per heavy atom. The van der Waals surface area contributed by atoms with E-state index < -0.39 is 0 Å². The van der Waals surface area contributed by atoms with Crippen LogP contribution >= 0.6 is 15.9 Å². The summed E-state index contributed by atoms with van der Waals surface area (Å²) < 4.78 is 0.915. The molecule has 0 fully saturated rings. The Morgan fingerprint density at radius 3 is 2.28 bits per heavy atom. The van der Waals surface area contributed by atoms with Crippen LogP contribution in [0.1, 0.15) is 68.6 Å². The Balaban J connectivity index is 2.16. The van der Waals surface area contributed by atoms with Crippen LogP contribution in [0.4, 0.5) is 0 Å². The van der Waals surface area contributed by atoms with Gasteiger partial charge in [-0.15, -0.1) is 0 Å². The zero-order valence-corrected chi connectivity index (χ0v) is 12.8. The van der Waals surface area contributed by atoms with Crippen LogP contribution < -0.4 is 0 Å². The topological polar surface area (TPSA) is 17.1 Å². The van der Waals surface area contributed by atoms with Gasteiger partial charge in [0.15, 0.2) is 5.78 Å². The highest BCUT2D eigenvalue weighted by atomic mass is 79.9. The Bertz CT molecular complexity index is 360. The third-order valence-electron chi connectivity index (χ3n) is 3.18. The predicted molar refractivity (Wildman–Crippen MR) is 81.1 cm³/mol. The zero-order chi connectivity index (χ0) is 13.2. The molecule has 0 radical (unpaired) electrons. The largest absolute Gasteiger partial charge is 0.294 e. The van der Waals surface area contributed by atoms with Gasteiger partial charge in [-0.3, -0.25) is 4.79 Å². The highest BCUT2D eigenvalue weighted by Gasteiger charge is 2.08. The Labute approximate surface area is 119 Å². The molecule has 0 spiro atoms. The molecule has 0 bridgehead atoms. The monoisotopic (exact) mass is 310 g/mol. The van der Waals surface area contributed by atoms with Crippen molar-refractivity contribution in [2.75, 3.05) is 0 Å². The summed E-state index contributed by atoms with van der Waals surface area (Å²) in [4.78, 5) is 12.0. The number of carbonyl (C=O) groups is 1. The Hall–Kier alpha value is -0.630. The third kappa shape index (κ3) is 5.81. The van der Waals surface area contributed by atoms with Gasteiger partial charge in [-0.1, -0.05) is 79.6 Å². The van der Waals surface area contributed by atoms with Gasteiger partial charge in [0.05, 0.1) is 0 Å². The molecule has 100 valence electrons. The number of halogens is 1. The maximum Gasteiger partial charge on any atom is 0.164 e. The van der Waals surface area contributed by atoms with Gasteiger partial charge < -0.3 is 0 Å². The van der Waals surface area contributed by atoms with Crippen molar-refractivity contribution in [3.05, 3.63) is 34.3 Å². The van der Waals surface area contributed by atoms with Gasteiger partial charge in [-0.25, -0.2) is 0 Å². The van der Waals surface area contributed by atoms with Crippen LogP contribution in [0, 0.1) is 0 Å². The van der Waals surface area contributed by atoms with Gasteiger partial charge in [0.2, 0.25) is 0 Å². The summed E-state index contributed by atoms with van der Waals surface area (Å²) in [5.41, 5.74) is 0.823. The molecule has 0 atom stereocenters. The van der Waals surface area contributed by atoms with Crippen LogP contribution in [0.5, 0.6) is 0 Å². The highest BCUT2D eigenvalue weighted by Crippen LogP contribution is 2.19. The minimum atomic E-state index is 0.260. The van der Waals surface area contributed by atoms with E-state index in [9.17, 15) is 4.79 Å². The van der Waals surface area contributed by atoms with Crippen LogP contribution in [0.3, 0.4) is 0 Å². The van der Waals surface area contributed by atoms with E-state index in [1.807, 2.05) is 24.3 Å². The average molecular weight is 311 g/mol. The average Bonchev–Trinajstić information content (AvgIpc) is 2.38. The molecule has 0 amide bonds. The molecule has 1 nitrogen and oxygen atoms in total. The minimum Gasteiger partial charge on any atom is -0.294 e. The molecule has 18 heavy (non-hydrogen) atoms. The van der Waals surface area contributed by atoms with E-state index in [-0.39, 0.29) is 5.78 Å². The summed E-state index contributed by atoms with van der Waals surface area (Å²) in [5, 5.41) is 0. The quantitative estimate of drug-likeness (QED) is 0.418. The van der Waals surface area contributed by atoms with Gasteiger partial charge in [0, 0.05) is 16.5 Å². The Morgan fingerprint density at radius 1 is 1.00 bits per heavy atom. The summed E-state index contributed by atoms with van der Waals surface area (Å²) in [5.74, 6) is 0.260. The molecule has 0 aromatic heterocycles. The van der Waals surface area contributed by atoms with E-state index in [1.54, 1.807) is 0 Å². The smallest absolute Gasteiger partial charge is 0.164 e. The van der Waals surface area contributed by atoms with Crippen molar-refractivity contribution in [3.8, 4) is 0 Å². The fourth-order valence-electron chi connectivity index (χ4n) is 2.06. The first kappa shape index (κ1) is 15.4. The molecule has 0 unspecified atom stereocenters. The molecule has 1 aromatic carbocycles. The van der Waals surface area contributed by atoms with Crippen LogP contribution in [0.25, 0.3) is 0 Å². The van der Waals surface area contributed by atoms with Crippen molar-refractivity contribution in [1.29, 1.82) is 0 Å². The van der Waals surface area contributed by atoms with Crippen molar-refractivity contribution >= 4 is 21.7 Å². The first-order valence-corrected chi connectivity index (χ1v) is 7.82. The summed E-state index contributed by atoms with van der Waals surface area (Å²) in [6, 6.07) is 7.68. The molecule has 0 saturated carbocycles. The van der Waals surface area contributed by atoms with Crippen LogP contribution in [0.15, 0.2) is 28.7 Å². The van der Waals surface area contributed by atoms with Gasteiger partial charge >= 0.3 is 0 Å². The highest BCUT2D eigenvalue weighted by molar-refractivity contribution is 9.10. The maximum absolute atomic E-state index is 12.0. The number of hydrogen-bond donors (Lipinski definition) is 0. The summed E-state index contributed by atoms with van der Waals surface area (Å²) in [6.07, 6.45) is 9.44. The van der Waals surface area contributed by atoms with E-state index in [1.165, 1.54) is 38.5 Å².